The number of carbonyl (C=O) groups is 1. The first-order valence-corrected chi connectivity index (χ1v) is 17.6. The molecule has 0 atom stereocenters. The Morgan fingerprint density at radius 2 is 1.54 bits per heavy atom. The van der Waals surface area contributed by atoms with Crippen molar-refractivity contribution in [1.82, 2.24) is 4.98 Å². The van der Waals surface area contributed by atoms with Crippen LogP contribution in [0.4, 0.5) is 0 Å². The van der Waals surface area contributed by atoms with Crippen molar-refractivity contribution < 1.29 is 34.7 Å². The fourth-order valence-corrected chi connectivity index (χ4v) is 6.47. The number of ether oxygens (including phenoxy) is 1. The minimum Gasteiger partial charge on any atom is -0.512 e. The predicted octanol–water partition coefficient (Wildman–Crippen LogP) is 12.4. The topological polar surface area (TPSA) is 59.4 Å². The Kier molecular flexibility index (Phi) is 12.9. The Hall–Kier alpha value is -3.01. The molecule has 1 aliphatic heterocycles. The molecule has 0 saturated carbocycles. The molecule has 261 valence electrons. The van der Waals surface area contributed by atoms with Gasteiger partial charge in [0.25, 0.3) is 0 Å². The van der Waals surface area contributed by atoms with Gasteiger partial charge in [-0.05, 0) is 72.4 Å². The van der Waals surface area contributed by atoms with E-state index in [1.165, 1.54) is 28.0 Å². The van der Waals surface area contributed by atoms with E-state index < -0.39 is 0 Å². The third kappa shape index (κ3) is 8.96. The molecule has 4 aromatic rings. The molecule has 1 aromatic heterocycles. The van der Waals surface area contributed by atoms with Crippen molar-refractivity contribution >= 4 is 27.3 Å². The number of ketones is 1. The minimum atomic E-state index is -0.319. The van der Waals surface area contributed by atoms with Crippen LogP contribution in [0.5, 0.6) is 11.5 Å². The van der Waals surface area contributed by atoms with Gasteiger partial charge in [-0.2, -0.15) is 0 Å². The molecule has 2 heterocycles. The van der Waals surface area contributed by atoms with Crippen LogP contribution in [0, 0.1) is 28.2 Å². The number of hydrogen-bond donors (Lipinski definition) is 1. The Labute approximate surface area is 303 Å². The van der Waals surface area contributed by atoms with Crippen molar-refractivity contribution in [1.29, 1.82) is 0 Å². The molecule has 0 bridgehead atoms. The van der Waals surface area contributed by atoms with E-state index in [4.69, 9.17) is 9.72 Å². The van der Waals surface area contributed by atoms with Crippen molar-refractivity contribution in [2.75, 3.05) is 0 Å². The van der Waals surface area contributed by atoms with Gasteiger partial charge in [-0.3, -0.25) is 9.78 Å². The van der Waals surface area contributed by atoms with Crippen LogP contribution < -0.4 is 4.74 Å². The van der Waals surface area contributed by atoms with Gasteiger partial charge >= 0.3 is 0 Å². The van der Waals surface area contributed by atoms with Crippen molar-refractivity contribution in [2.24, 2.45) is 22.2 Å². The third-order valence-corrected chi connectivity index (χ3v) is 9.63. The number of aromatic nitrogens is 1. The van der Waals surface area contributed by atoms with Crippen LogP contribution in [0.2, 0.25) is 0 Å². The van der Waals surface area contributed by atoms with E-state index >= 15 is 0 Å². The van der Waals surface area contributed by atoms with Gasteiger partial charge in [0.1, 0.15) is 5.75 Å². The number of rotatable bonds is 9. The zero-order valence-electron chi connectivity index (χ0n) is 31.1. The number of aliphatic hydroxyl groups excluding tert-OH is 1. The van der Waals surface area contributed by atoms with Crippen LogP contribution in [-0.2, 0) is 37.7 Å². The summed E-state index contributed by atoms with van der Waals surface area (Å²) >= 11 is 0. The number of allylic oxidation sites excluding steroid dienone is 2. The normalized spacial score (nSPS) is 13.0. The zero-order valence-corrected chi connectivity index (χ0v) is 33.5. The molecule has 5 rings (SSSR count). The molecular weight excluding hydrogens is 771 g/mol. The molecule has 0 fully saturated rings. The van der Waals surface area contributed by atoms with Crippen LogP contribution in [-0.4, -0.2) is 15.9 Å². The molecule has 0 unspecified atom stereocenters. The summed E-state index contributed by atoms with van der Waals surface area (Å²) in [5, 5.41) is 14.5. The largest absolute Gasteiger partial charge is 0.512 e. The van der Waals surface area contributed by atoms with E-state index in [-0.39, 0.29) is 53.8 Å². The van der Waals surface area contributed by atoms with E-state index in [0.717, 1.165) is 72.1 Å². The summed E-state index contributed by atoms with van der Waals surface area (Å²) in [5.41, 5.74) is 4.55. The van der Waals surface area contributed by atoms with E-state index in [1.807, 2.05) is 40.8 Å². The number of pyridine rings is 1. The van der Waals surface area contributed by atoms with Gasteiger partial charge < -0.3 is 9.84 Å². The number of benzene rings is 3. The number of fused-ring (bicyclic) bond motifs is 3. The van der Waals surface area contributed by atoms with Gasteiger partial charge in [0, 0.05) is 54.8 Å². The Bertz CT molecular complexity index is 1770. The Morgan fingerprint density at radius 1 is 0.917 bits per heavy atom. The number of carbonyl (C=O) groups excluding carboxylic acids is 1. The van der Waals surface area contributed by atoms with Crippen molar-refractivity contribution in [3.8, 4) is 22.8 Å². The van der Waals surface area contributed by atoms with Crippen molar-refractivity contribution in [2.45, 2.75) is 115 Å². The molecule has 1 radical (unpaired) electrons. The number of aliphatic hydroxyl groups is 1. The first kappa shape index (κ1) is 39.4. The Morgan fingerprint density at radius 3 is 2.12 bits per heavy atom. The number of nitrogens with zero attached hydrogens (tertiary/aromatic N) is 1. The molecular formula is C43H56IrNO3-. The maximum absolute atomic E-state index is 12.0. The molecule has 3 aromatic carbocycles. The second kappa shape index (κ2) is 15.7. The Balaban J connectivity index is 0.000000316. The maximum atomic E-state index is 12.0. The summed E-state index contributed by atoms with van der Waals surface area (Å²) in [7, 11) is 0. The molecule has 1 N–H and O–H groups in total. The summed E-state index contributed by atoms with van der Waals surface area (Å²) in [5.74, 6) is 2.28. The van der Waals surface area contributed by atoms with Gasteiger partial charge in [-0.15, -0.1) is 17.5 Å². The first-order chi connectivity index (χ1) is 22.0. The van der Waals surface area contributed by atoms with Crippen LogP contribution in [0.1, 0.15) is 113 Å². The maximum Gasteiger partial charge on any atom is 0.164 e. The second-order valence-corrected chi connectivity index (χ2v) is 16.0. The van der Waals surface area contributed by atoms with E-state index in [1.54, 1.807) is 0 Å². The van der Waals surface area contributed by atoms with Gasteiger partial charge in [0.15, 0.2) is 5.78 Å². The average molecular weight is 827 g/mol. The van der Waals surface area contributed by atoms with Crippen LogP contribution >= 0.6 is 0 Å². The van der Waals surface area contributed by atoms with Gasteiger partial charge in [-0.25, -0.2) is 0 Å². The summed E-state index contributed by atoms with van der Waals surface area (Å²) in [4.78, 5) is 16.9. The molecule has 4 nitrogen and oxygen atoms in total. The summed E-state index contributed by atoms with van der Waals surface area (Å²) in [6.07, 6.45) is 8.68. The van der Waals surface area contributed by atoms with Gasteiger partial charge in [-0.1, -0.05) is 117 Å². The van der Waals surface area contributed by atoms with E-state index in [2.05, 4.69) is 90.1 Å². The summed E-state index contributed by atoms with van der Waals surface area (Å²) < 4.78 is 6.72. The average Bonchev–Trinajstić information content (AvgIpc) is 3.00. The molecule has 0 amide bonds. The van der Waals surface area contributed by atoms with E-state index in [0.29, 0.717) is 0 Å². The smallest absolute Gasteiger partial charge is 0.164 e. The molecule has 0 aliphatic carbocycles. The quantitative estimate of drug-likeness (QED) is 0.0913. The molecule has 0 saturated heterocycles. The van der Waals surface area contributed by atoms with E-state index in [9.17, 15) is 9.90 Å². The van der Waals surface area contributed by atoms with Crippen molar-refractivity contribution in [3.63, 3.8) is 0 Å². The molecule has 5 heteroatoms. The van der Waals surface area contributed by atoms with Gasteiger partial charge in [0.05, 0.1) is 11.5 Å². The molecule has 0 spiro atoms. The predicted molar refractivity (Wildman–Crippen MR) is 198 cm³/mol. The van der Waals surface area contributed by atoms with Crippen LogP contribution in [0.15, 0.2) is 60.5 Å². The van der Waals surface area contributed by atoms with Crippen LogP contribution in [0.3, 0.4) is 0 Å². The zero-order chi connectivity index (χ0) is 34.7. The molecule has 48 heavy (non-hydrogen) atoms. The summed E-state index contributed by atoms with van der Waals surface area (Å²) in [6.45, 7) is 23.7. The monoisotopic (exact) mass is 827 g/mol. The second-order valence-electron chi connectivity index (χ2n) is 16.0. The number of hydrogen-bond acceptors (Lipinski definition) is 4. The SMILES string of the molecule is CC(C)(C)Cc1cc2c3c(nccc3c1)-c1[c-]c3ccccc3c(CC(C)(C)C)c1O2.CCC(CC)/C(O)=C/C(=O)C(C)(CC)CC.[Ir]. The fraction of sp³-hybridized carbons (Fsp3) is 0.488. The fourth-order valence-electron chi connectivity index (χ4n) is 6.47. The van der Waals surface area contributed by atoms with Gasteiger partial charge in [0.2, 0.25) is 0 Å². The minimum absolute atomic E-state index is 0. The summed E-state index contributed by atoms with van der Waals surface area (Å²) in [6, 6.07) is 18.8. The third-order valence-electron chi connectivity index (χ3n) is 9.63. The standard InChI is InChI=1S/C29H30NO.C14H26O2.Ir/c1-28(2,3)16-18-13-20-11-12-30-26-22-15-19-9-7-8-10-21(19)23(17-29(4,5)6)27(22)31-24(14-18)25(20)26;1-6-11(7-2)12(15)10-13(16)14(5,8-3)9-4;/h7-14H,16-17H2,1-6H3;10-11,15H,6-9H2,1-5H3;/q-1;;/b;12-10-;. The van der Waals surface area contributed by atoms with Crippen molar-refractivity contribution in [3.05, 3.63) is 77.7 Å². The van der Waals surface area contributed by atoms with Crippen LogP contribution in [0.25, 0.3) is 32.8 Å². The molecule has 1 aliphatic rings. The first-order valence-electron chi connectivity index (χ1n) is 17.6.